The molecular weight excluding hydrogens is 256 g/mol. The maximum atomic E-state index is 13.6. The van der Waals surface area contributed by atoms with E-state index in [9.17, 15) is 13.6 Å². The van der Waals surface area contributed by atoms with Crippen molar-refractivity contribution < 1.29 is 23.0 Å². The van der Waals surface area contributed by atoms with E-state index in [2.05, 4.69) is 10.1 Å². The molecule has 0 aliphatic carbocycles. The number of halogens is 2. The molecule has 0 spiro atoms. The van der Waals surface area contributed by atoms with Crippen LogP contribution in [-0.4, -0.2) is 33.3 Å². The number of ether oxygens (including phenoxy) is 2. The fourth-order valence-electron chi connectivity index (χ4n) is 1.55. The van der Waals surface area contributed by atoms with Gasteiger partial charge in [0.05, 0.1) is 13.7 Å². The van der Waals surface area contributed by atoms with Crippen LogP contribution in [0.15, 0.2) is 12.1 Å². The number of carbonyl (C=O) groups is 1. The van der Waals surface area contributed by atoms with Crippen molar-refractivity contribution in [3.63, 3.8) is 0 Å². The van der Waals surface area contributed by atoms with Crippen LogP contribution in [-0.2, 0) is 4.74 Å². The standard InChI is InChI=1S/C13H17F2NO3/c1-16-5-3-4-6-19-12-10(13(17)18-2)7-9(14)8-11(12)15/h7-8,16H,3-6H2,1-2H3. The van der Waals surface area contributed by atoms with Gasteiger partial charge in [0.1, 0.15) is 11.4 Å². The van der Waals surface area contributed by atoms with E-state index in [-0.39, 0.29) is 17.9 Å². The minimum atomic E-state index is -0.908. The van der Waals surface area contributed by atoms with Crippen LogP contribution in [0.1, 0.15) is 23.2 Å². The maximum Gasteiger partial charge on any atom is 0.341 e. The Morgan fingerprint density at radius 2 is 2.05 bits per heavy atom. The topological polar surface area (TPSA) is 47.6 Å². The lowest BCUT2D eigenvalue weighted by atomic mass is 10.2. The molecule has 0 saturated carbocycles. The van der Waals surface area contributed by atoms with Crippen molar-refractivity contribution in [1.29, 1.82) is 0 Å². The van der Waals surface area contributed by atoms with Gasteiger partial charge in [-0.15, -0.1) is 0 Å². The zero-order valence-corrected chi connectivity index (χ0v) is 11.0. The number of hydrogen-bond donors (Lipinski definition) is 1. The Morgan fingerprint density at radius 1 is 1.32 bits per heavy atom. The summed E-state index contributed by atoms with van der Waals surface area (Å²) in [6, 6.07) is 1.58. The highest BCUT2D eigenvalue weighted by molar-refractivity contribution is 5.92. The summed E-state index contributed by atoms with van der Waals surface area (Å²) in [6.07, 6.45) is 1.55. The minimum Gasteiger partial charge on any atom is -0.490 e. The number of rotatable bonds is 7. The summed E-state index contributed by atoms with van der Waals surface area (Å²) >= 11 is 0. The van der Waals surface area contributed by atoms with Crippen LogP contribution in [0.2, 0.25) is 0 Å². The van der Waals surface area contributed by atoms with E-state index in [0.29, 0.717) is 12.5 Å². The molecule has 19 heavy (non-hydrogen) atoms. The second kappa shape index (κ2) is 7.68. The summed E-state index contributed by atoms with van der Waals surface area (Å²) in [5.41, 5.74) is -0.242. The second-order valence-corrected chi connectivity index (χ2v) is 3.92. The van der Waals surface area contributed by atoms with E-state index in [4.69, 9.17) is 4.74 Å². The third kappa shape index (κ3) is 4.48. The predicted octanol–water partition coefficient (Wildman–Crippen LogP) is 2.13. The number of esters is 1. The number of nitrogens with one attached hydrogen (secondary N) is 1. The Labute approximate surface area is 110 Å². The Balaban J connectivity index is 2.77. The third-order valence-electron chi connectivity index (χ3n) is 2.48. The first kappa shape index (κ1) is 15.4. The van der Waals surface area contributed by atoms with E-state index in [1.165, 1.54) is 0 Å². The van der Waals surface area contributed by atoms with Crippen LogP contribution >= 0.6 is 0 Å². The quantitative estimate of drug-likeness (QED) is 0.610. The zero-order chi connectivity index (χ0) is 14.3. The van der Waals surface area contributed by atoms with Crippen molar-refractivity contribution in [3.05, 3.63) is 29.3 Å². The molecule has 1 N–H and O–H groups in total. The Kier molecular flexibility index (Phi) is 6.21. The van der Waals surface area contributed by atoms with E-state index in [1.54, 1.807) is 0 Å². The molecule has 0 aliphatic rings. The number of carbonyl (C=O) groups excluding carboxylic acids is 1. The van der Waals surface area contributed by atoms with Gasteiger partial charge in [0.25, 0.3) is 0 Å². The van der Waals surface area contributed by atoms with Crippen molar-refractivity contribution in [2.24, 2.45) is 0 Å². The van der Waals surface area contributed by atoms with Gasteiger partial charge >= 0.3 is 5.97 Å². The summed E-state index contributed by atoms with van der Waals surface area (Å²) in [5.74, 6) is -2.85. The van der Waals surface area contributed by atoms with E-state index in [0.717, 1.165) is 26.1 Å². The molecule has 0 unspecified atom stereocenters. The Morgan fingerprint density at radius 3 is 2.68 bits per heavy atom. The summed E-state index contributed by atoms with van der Waals surface area (Å²) in [5, 5.41) is 2.97. The van der Waals surface area contributed by atoms with Crippen molar-refractivity contribution in [1.82, 2.24) is 5.32 Å². The second-order valence-electron chi connectivity index (χ2n) is 3.92. The highest BCUT2D eigenvalue weighted by Gasteiger charge is 2.19. The smallest absolute Gasteiger partial charge is 0.341 e. The highest BCUT2D eigenvalue weighted by Crippen LogP contribution is 2.25. The Bertz CT molecular complexity index is 438. The van der Waals surface area contributed by atoms with Gasteiger partial charge in [0, 0.05) is 6.07 Å². The van der Waals surface area contributed by atoms with Crippen LogP contribution in [0.25, 0.3) is 0 Å². The minimum absolute atomic E-state index is 0.242. The molecule has 0 heterocycles. The highest BCUT2D eigenvalue weighted by atomic mass is 19.1. The average Bonchev–Trinajstić information content (AvgIpc) is 2.39. The fraction of sp³-hybridized carbons (Fsp3) is 0.462. The molecule has 0 aromatic heterocycles. The molecular formula is C13H17F2NO3. The van der Waals surface area contributed by atoms with Crippen LogP contribution < -0.4 is 10.1 Å². The largest absolute Gasteiger partial charge is 0.490 e. The van der Waals surface area contributed by atoms with E-state index >= 15 is 0 Å². The molecule has 0 amide bonds. The van der Waals surface area contributed by atoms with E-state index in [1.807, 2.05) is 7.05 Å². The summed E-state index contributed by atoms with van der Waals surface area (Å²) in [4.78, 5) is 11.4. The van der Waals surface area contributed by atoms with Crippen LogP contribution in [0, 0.1) is 11.6 Å². The van der Waals surface area contributed by atoms with Gasteiger partial charge in [0.2, 0.25) is 0 Å². The first-order chi connectivity index (χ1) is 9.10. The van der Waals surface area contributed by atoms with Crippen molar-refractivity contribution in [3.8, 4) is 5.75 Å². The van der Waals surface area contributed by atoms with Gasteiger partial charge in [-0.3, -0.25) is 0 Å². The van der Waals surface area contributed by atoms with Gasteiger partial charge in [-0.25, -0.2) is 13.6 Å². The van der Waals surface area contributed by atoms with E-state index < -0.39 is 17.6 Å². The molecule has 1 aromatic carbocycles. The molecule has 106 valence electrons. The number of methoxy groups -OCH3 is 1. The summed E-state index contributed by atoms with van der Waals surface area (Å²) in [7, 11) is 2.97. The third-order valence-corrected chi connectivity index (χ3v) is 2.48. The lowest BCUT2D eigenvalue weighted by molar-refractivity contribution is 0.0594. The van der Waals surface area contributed by atoms with Crippen LogP contribution in [0.5, 0.6) is 5.75 Å². The van der Waals surface area contributed by atoms with Gasteiger partial charge in [-0.05, 0) is 32.5 Å². The first-order valence-electron chi connectivity index (χ1n) is 5.95. The van der Waals surface area contributed by atoms with Crippen LogP contribution in [0.4, 0.5) is 8.78 Å². The van der Waals surface area contributed by atoms with Crippen molar-refractivity contribution >= 4 is 5.97 Å². The summed E-state index contributed by atoms with van der Waals surface area (Å²) < 4.78 is 36.4. The molecule has 1 rings (SSSR count). The molecule has 0 fully saturated rings. The first-order valence-corrected chi connectivity index (χ1v) is 5.95. The molecule has 6 heteroatoms. The molecule has 0 bridgehead atoms. The predicted molar refractivity (Wildman–Crippen MR) is 66.4 cm³/mol. The monoisotopic (exact) mass is 273 g/mol. The number of hydrogen-bond acceptors (Lipinski definition) is 4. The Hall–Kier alpha value is -1.69. The van der Waals surface area contributed by atoms with Crippen molar-refractivity contribution in [2.45, 2.75) is 12.8 Å². The normalized spacial score (nSPS) is 10.3. The van der Waals surface area contributed by atoms with Gasteiger partial charge in [0.15, 0.2) is 11.6 Å². The molecule has 4 nitrogen and oxygen atoms in total. The van der Waals surface area contributed by atoms with Gasteiger partial charge in [-0.2, -0.15) is 0 Å². The maximum absolute atomic E-state index is 13.6. The summed E-state index contributed by atoms with van der Waals surface area (Å²) in [6.45, 7) is 1.06. The molecule has 0 aliphatic heterocycles. The lowest BCUT2D eigenvalue weighted by Crippen LogP contribution is -2.11. The van der Waals surface area contributed by atoms with Gasteiger partial charge < -0.3 is 14.8 Å². The number of benzene rings is 1. The van der Waals surface area contributed by atoms with Crippen LogP contribution in [0.3, 0.4) is 0 Å². The van der Waals surface area contributed by atoms with Gasteiger partial charge in [-0.1, -0.05) is 0 Å². The van der Waals surface area contributed by atoms with Crippen molar-refractivity contribution in [2.75, 3.05) is 27.3 Å². The molecule has 1 aromatic rings. The zero-order valence-electron chi connectivity index (χ0n) is 11.0. The molecule has 0 radical (unpaired) electrons. The fourth-order valence-corrected chi connectivity index (χ4v) is 1.55. The molecule has 0 saturated heterocycles. The average molecular weight is 273 g/mol. The SMILES string of the molecule is CNCCCCOc1c(F)cc(F)cc1C(=O)OC. The molecule has 0 atom stereocenters. The lowest BCUT2D eigenvalue weighted by Gasteiger charge is -2.11. The number of unbranched alkanes of at least 4 members (excludes halogenated alkanes) is 1.